The van der Waals surface area contributed by atoms with Crippen molar-refractivity contribution < 1.29 is 9.59 Å². The molecule has 3 N–H and O–H groups in total. The van der Waals surface area contributed by atoms with Gasteiger partial charge in [-0.1, -0.05) is 79.9 Å². The van der Waals surface area contributed by atoms with Crippen LogP contribution in [-0.4, -0.2) is 51.5 Å². The van der Waals surface area contributed by atoms with Crippen LogP contribution in [0, 0.1) is 0 Å². The predicted octanol–water partition coefficient (Wildman–Crippen LogP) is 2.96. The minimum atomic E-state index is -0.641. The molecule has 3 aromatic rings. The summed E-state index contributed by atoms with van der Waals surface area (Å²) in [4.78, 5) is 42.3. The normalized spacial score (nSPS) is 18.6. The Kier molecular flexibility index (Phi) is 7.55. The van der Waals surface area contributed by atoms with Crippen LogP contribution < -0.4 is 16.7 Å². The molecule has 2 fully saturated rings. The summed E-state index contributed by atoms with van der Waals surface area (Å²) in [6, 6.07) is 19.6. The van der Waals surface area contributed by atoms with Crippen molar-refractivity contribution in [1.29, 1.82) is 0 Å². The molecule has 2 aliphatic rings. The number of imidazole rings is 1. The van der Waals surface area contributed by atoms with E-state index in [0.29, 0.717) is 31.7 Å². The maximum atomic E-state index is 14.4. The van der Waals surface area contributed by atoms with Gasteiger partial charge in [-0.05, 0) is 24.8 Å². The van der Waals surface area contributed by atoms with Gasteiger partial charge in [-0.25, -0.2) is 4.79 Å². The average Bonchev–Trinajstić information content (AvgIpc) is 3.21. The molecular formula is C29H35N5O3. The summed E-state index contributed by atoms with van der Waals surface area (Å²) in [6.45, 7) is 1.52. The first kappa shape index (κ1) is 25.0. The number of primary amides is 1. The number of carbonyl (C=O) groups is 2. The van der Waals surface area contributed by atoms with Crippen LogP contribution in [0.25, 0.3) is 11.3 Å². The Hall–Kier alpha value is -3.65. The Balaban J connectivity index is 1.65. The highest BCUT2D eigenvalue weighted by Gasteiger charge is 2.36. The molecule has 2 heterocycles. The Bertz CT molecular complexity index is 1290. The highest BCUT2D eigenvalue weighted by molar-refractivity contribution is 5.99. The molecule has 5 rings (SSSR count). The third-order valence-electron chi connectivity index (χ3n) is 7.60. The summed E-state index contributed by atoms with van der Waals surface area (Å²) in [5, 5.41) is 3.41. The van der Waals surface area contributed by atoms with E-state index in [0.717, 1.165) is 43.2 Å². The molecule has 194 valence electrons. The molecular weight excluding hydrogens is 466 g/mol. The maximum absolute atomic E-state index is 14.4. The number of carbonyl (C=O) groups excluding carboxylic acids is 2. The van der Waals surface area contributed by atoms with Crippen LogP contribution in [0.15, 0.2) is 65.5 Å². The molecule has 2 amide bonds. The van der Waals surface area contributed by atoms with Gasteiger partial charge in [0.2, 0.25) is 5.91 Å². The molecule has 1 atom stereocenters. The second kappa shape index (κ2) is 11.2. The van der Waals surface area contributed by atoms with Crippen LogP contribution in [0.1, 0.15) is 54.2 Å². The zero-order valence-electron chi connectivity index (χ0n) is 21.1. The fourth-order valence-electron chi connectivity index (χ4n) is 5.87. The van der Waals surface area contributed by atoms with E-state index in [4.69, 9.17) is 5.73 Å². The van der Waals surface area contributed by atoms with Gasteiger partial charge in [0.05, 0.1) is 5.69 Å². The Labute approximate surface area is 217 Å². The van der Waals surface area contributed by atoms with Gasteiger partial charge < -0.3 is 16.0 Å². The lowest BCUT2D eigenvalue weighted by Crippen LogP contribution is -2.55. The van der Waals surface area contributed by atoms with Gasteiger partial charge in [0.1, 0.15) is 12.2 Å². The van der Waals surface area contributed by atoms with Gasteiger partial charge in [-0.3, -0.25) is 18.7 Å². The van der Waals surface area contributed by atoms with Gasteiger partial charge in [-0.2, -0.15) is 0 Å². The number of piperazine rings is 1. The monoisotopic (exact) mass is 501 g/mol. The number of nitrogens with one attached hydrogen (secondary N) is 1. The lowest BCUT2D eigenvalue weighted by atomic mass is 9.94. The Morgan fingerprint density at radius 2 is 1.62 bits per heavy atom. The van der Waals surface area contributed by atoms with Crippen LogP contribution >= 0.6 is 0 Å². The number of benzene rings is 2. The highest BCUT2D eigenvalue weighted by Crippen LogP contribution is 2.34. The van der Waals surface area contributed by atoms with Crippen LogP contribution in [0.4, 0.5) is 0 Å². The van der Waals surface area contributed by atoms with Crippen molar-refractivity contribution in [2.75, 3.05) is 19.6 Å². The third-order valence-corrected chi connectivity index (χ3v) is 7.60. The number of amides is 2. The van der Waals surface area contributed by atoms with Crippen LogP contribution in [-0.2, 0) is 17.8 Å². The van der Waals surface area contributed by atoms with Crippen molar-refractivity contribution in [3.63, 3.8) is 0 Å². The van der Waals surface area contributed by atoms with E-state index in [1.165, 1.54) is 4.57 Å². The summed E-state index contributed by atoms with van der Waals surface area (Å²) in [5.74, 6) is -0.869. The maximum Gasteiger partial charge on any atom is 0.330 e. The minimum absolute atomic E-state index is 0.0136. The molecule has 1 saturated heterocycles. The van der Waals surface area contributed by atoms with E-state index >= 15 is 0 Å². The number of hydrogen-bond acceptors (Lipinski definition) is 4. The Morgan fingerprint density at radius 1 is 0.946 bits per heavy atom. The van der Waals surface area contributed by atoms with Crippen molar-refractivity contribution in [3.05, 3.63) is 82.4 Å². The van der Waals surface area contributed by atoms with E-state index in [2.05, 4.69) is 17.4 Å². The van der Waals surface area contributed by atoms with Crippen LogP contribution in [0.3, 0.4) is 0 Å². The second-order valence-electron chi connectivity index (χ2n) is 10.1. The molecule has 0 unspecified atom stereocenters. The smallest absolute Gasteiger partial charge is 0.330 e. The third kappa shape index (κ3) is 5.25. The molecule has 1 aliphatic carbocycles. The summed E-state index contributed by atoms with van der Waals surface area (Å²) in [7, 11) is 0. The molecule has 2 aromatic carbocycles. The first-order valence-corrected chi connectivity index (χ1v) is 13.3. The lowest BCUT2D eigenvalue weighted by molar-refractivity contribution is -0.118. The van der Waals surface area contributed by atoms with Crippen molar-refractivity contribution in [1.82, 2.24) is 19.4 Å². The molecule has 1 saturated carbocycles. The molecule has 0 bridgehead atoms. The number of rotatable bonds is 7. The first-order chi connectivity index (χ1) is 18.0. The molecule has 0 radical (unpaired) electrons. The zero-order chi connectivity index (χ0) is 25.8. The van der Waals surface area contributed by atoms with Gasteiger partial charge in [0, 0.05) is 37.3 Å². The average molecular weight is 502 g/mol. The molecule has 1 aliphatic heterocycles. The standard InChI is InChI=1S/C29H35N5O3/c30-25(35)20-33-27(28(36)32-17-16-31-19-24(32)18-21-10-4-1-5-11-21)26(22-12-6-2-7-13-22)34(29(33)37)23-14-8-3-9-15-23/h1-2,4-7,10-13,23-24,31H,3,8-9,14-20H2,(H2,30,35)/t24-/m1/s1. The number of aromatic nitrogens is 2. The van der Waals surface area contributed by atoms with Gasteiger partial charge in [0.15, 0.2) is 0 Å². The second-order valence-corrected chi connectivity index (χ2v) is 10.1. The Morgan fingerprint density at radius 3 is 2.30 bits per heavy atom. The van der Waals surface area contributed by atoms with E-state index < -0.39 is 5.91 Å². The minimum Gasteiger partial charge on any atom is -0.368 e. The van der Waals surface area contributed by atoms with E-state index in [9.17, 15) is 14.4 Å². The summed E-state index contributed by atoms with van der Waals surface area (Å²) < 4.78 is 3.10. The molecule has 8 nitrogen and oxygen atoms in total. The molecule has 1 aromatic heterocycles. The van der Waals surface area contributed by atoms with E-state index in [1.54, 1.807) is 4.57 Å². The number of nitrogens with zero attached hydrogens (tertiary/aromatic N) is 3. The fourth-order valence-corrected chi connectivity index (χ4v) is 5.87. The van der Waals surface area contributed by atoms with Gasteiger partial charge in [-0.15, -0.1) is 0 Å². The predicted molar refractivity (Wildman–Crippen MR) is 143 cm³/mol. The van der Waals surface area contributed by atoms with E-state index in [1.807, 2.05) is 53.4 Å². The summed E-state index contributed by atoms with van der Waals surface area (Å²) in [6.07, 6.45) is 5.65. The fraction of sp³-hybridized carbons (Fsp3) is 0.414. The van der Waals surface area contributed by atoms with Crippen molar-refractivity contribution in [3.8, 4) is 11.3 Å². The van der Waals surface area contributed by atoms with Crippen molar-refractivity contribution in [2.45, 2.75) is 57.2 Å². The van der Waals surface area contributed by atoms with Crippen LogP contribution in [0.5, 0.6) is 0 Å². The lowest BCUT2D eigenvalue weighted by Gasteiger charge is -2.36. The zero-order valence-corrected chi connectivity index (χ0v) is 21.1. The molecule has 37 heavy (non-hydrogen) atoms. The van der Waals surface area contributed by atoms with Crippen molar-refractivity contribution in [2.24, 2.45) is 5.73 Å². The topological polar surface area (TPSA) is 102 Å². The van der Waals surface area contributed by atoms with Crippen LogP contribution in [0.2, 0.25) is 0 Å². The quantitative estimate of drug-likeness (QED) is 0.520. The largest absolute Gasteiger partial charge is 0.368 e. The molecule has 0 spiro atoms. The number of nitrogens with two attached hydrogens (primary N) is 1. The number of hydrogen-bond donors (Lipinski definition) is 2. The highest BCUT2D eigenvalue weighted by atomic mass is 16.2. The molecule has 8 heteroatoms. The SMILES string of the molecule is NC(=O)Cn1c(C(=O)N2CCNC[C@H]2Cc2ccccc2)c(-c2ccccc2)n(C2CCCCC2)c1=O. The van der Waals surface area contributed by atoms with Crippen molar-refractivity contribution >= 4 is 11.8 Å². The van der Waals surface area contributed by atoms with Gasteiger partial charge in [0.25, 0.3) is 5.91 Å². The summed E-state index contributed by atoms with van der Waals surface area (Å²) >= 11 is 0. The van der Waals surface area contributed by atoms with E-state index in [-0.39, 0.29) is 35.9 Å². The van der Waals surface area contributed by atoms with Gasteiger partial charge >= 0.3 is 5.69 Å². The first-order valence-electron chi connectivity index (χ1n) is 13.3. The summed E-state index contributed by atoms with van der Waals surface area (Å²) in [5.41, 5.74) is 8.08.